The molecule has 0 aromatic heterocycles. The van der Waals surface area contributed by atoms with Gasteiger partial charge in [-0.1, -0.05) is 25.5 Å². The Balaban J connectivity index is 1.46. The Labute approximate surface area is 176 Å². The van der Waals surface area contributed by atoms with E-state index in [4.69, 9.17) is 0 Å². The second-order valence-electron chi connectivity index (χ2n) is 9.74. The van der Waals surface area contributed by atoms with E-state index in [1.807, 2.05) is 17.0 Å². The Hall–Kier alpha value is -1.39. The van der Waals surface area contributed by atoms with Gasteiger partial charge in [-0.15, -0.1) is 0 Å². The molecule has 160 valence electrons. The summed E-state index contributed by atoms with van der Waals surface area (Å²) in [4.78, 5) is 17.5. The molecule has 1 aliphatic carbocycles. The van der Waals surface area contributed by atoms with Crippen molar-refractivity contribution in [1.29, 1.82) is 0 Å². The minimum atomic E-state index is -0.149. The van der Waals surface area contributed by atoms with Crippen molar-refractivity contribution in [3.63, 3.8) is 0 Å². The Bertz CT molecular complexity index is 685. The van der Waals surface area contributed by atoms with Crippen LogP contribution < -0.4 is 0 Å². The van der Waals surface area contributed by atoms with E-state index < -0.39 is 0 Å². The third-order valence-electron chi connectivity index (χ3n) is 7.49. The molecular weight excluding hydrogens is 360 g/mol. The average Bonchev–Trinajstić information content (AvgIpc) is 2.76. The highest BCUT2D eigenvalue weighted by Gasteiger charge is 2.37. The molecule has 1 aromatic rings. The predicted octanol–water partition coefficient (Wildman–Crippen LogP) is 4.46. The number of hydrogen-bond acceptors (Lipinski definition) is 3. The number of hydrogen-bond donors (Lipinski definition) is 1. The summed E-state index contributed by atoms with van der Waals surface area (Å²) in [6, 6.07) is 8.77. The SMILES string of the molecule is CC1CCC(O)C(C2CCCCN2Cc2cccc(C(=O)N3CCCCC3)c2)C1. The van der Waals surface area contributed by atoms with E-state index >= 15 is 0 Å². The third-order valence-corrected chi connectivity index (χ3v) is 7.49. The molecule has 4 atom stereocenters. The molecule has 1 amide bonds. The summed E-state index contributed by atoms with van der Waals surface area (Å²) in [6.45, 7) is 6.13. The second-order valence-corrected chi connectivity index (χ2v) is 9.74. The number of aliphatic hydroxyl groups is 1. The van der Waals surface area contributed by atoms with E-state index in [0.29, 0.717) is 12.0 Å². The fraction of sp³-hybridized carbons (Fsp3) is 0.720. The minimum absolute atomic E-state index is 0.149. The first-order valence-corrected chi connectivity index (χ1v) is 11.9. The van der Waals surface area contributed by atoms with E-state index in [0.717, 1.165) is 69.8 Å². The van der Waals surface area contributed by atoms with Gasteiger partial charge in [0.25, 0.3) is 5.91 Å². The number of piperidine rings is 2. The van der Waals surface area contributed by atoms with Gasteiger partial charge in [-0.05, 0) is 81.5 Å². The molecule has 29 heavy (non-hydrogen) atoms. The van der Waals surface area contributed by atoms with Gasteiger partial charge in [0.05, 0.1) is 6.10 Å². The van der Waals surface area contributed by atoms with Crippen LogP contribution in [0.15, 0.2) is 24.3 Å². The first-order chi connectivity index (χ1) is 14.1. The van der Waals surface area contributed by atoms with E-state index in [1.54, 1.807) is 0 Å². The van der Waals surface area contributed by atoms with E-state index in [9.17, 15) is 9.90 Å². The highest BCUT2D eigenvalue weighted by Crippen LogP contribution is 2.37. The van der Waals surface area contributed by atoms with Gasteiger partial charge in [-0.3, -0.25) is 9.69 Å². The van der Waals surface area contributed by atoms with Crippen LogP contribution in [-0.4, -0.2) is 52.6 Å². The lowest BCUT2D eigenvalue weighted by Gasteiger charge is -2.45. The number of likely N-dealkylation sites (tertiary alicyclic amines) is 2. The number of nitrogens with zero attached hydrogens (tertiary/aromatic N) is 2. The maximum Gasteiger partial charge on any atom is 0.253 e. The standard InChI is InChI=1S/C25H38N2O2/c1-19-11-12-24(28)22(16-19)23-10-3-6-15-27(23)18-20-8-7-9-21(17-20)25(29)26-13-4-2-5-14-26/h7-9,17,19,22-24,28H,2-6,10-16,18H2,1H3. The fourth-order valence-corrected chi connectivity index (χ4v) is 5.84. The maximum absolute atomic E-state index is 12.9. The third kappa shape index (κ3) is 5.03. The molecule has 2 heterocycles. The number of carbonyl (C=O) groups is 1. The van der Waals surface area contributed by atoms with Crippen LogP contribution in [-0.2, 0) is 6.54 Å². The molecule has 4 heteroatoms. The van der Waals surface area contributed by atoms with Crippen LogP contribution in [0.3, 0.4) is 0 Å². The number of benzene rings is 1. The topological polar surface area (TPSA) is 43.8 Å². The van der Waals surface area contributed by atoms with Gasteiger partial charge >= 0.3 is 0 Å². The van der Waals surface area contributed by atoms with Crippen LogP contribution in [0.4, 0.5) is 0 Å². The van der Waals surface area contributed by atoms with Crippen LogP contribution >= 0.6 is 0 Å². The Morgan fingerprint density at radius 1 is 1.03 bits per heavy atom. The van der Waals surface area contributed by atoms with E-state index in [2.05, 4.69) is 24.0 Å². The van der Waals surface area contributed by atoms with Crippen LogP contribution in [0.5, 0.6) is 0 Å². The second kappa shape index (κ2) is 9.61. The summed E-state index contributed by atoms with van der Waals surface area (Å²) >= 11 is 0. The van der Waals surface area contributed by atoms with Crippen LogP contribution in [0, 0.1) is 11.8 Å². The molecule has 1 N–H and O–H groups in total. The van der Waals surface area contributed by atoms with Gasteiger partial charge in [-0.25, -0.2) is 0 Å². The number of rotatable bonds is 4. The van der Waals surface area contributed by atoms with Crippen LogP contribution in [0.25, 0.3) is 0 Å². The zero-order valence-electron chi connectivity index (χ0n) is 18.1. The lowest BCUT2D eigenvalue weighted by molar-refractivity contribution is -0.0204. The van der Waals surface area contributed by atoms with Crippen LogP contribution in [0.1, 0.15) is 80.6 Å². The van der Waals surface area contributed by atoms with Crippen molar-refractivity contribution in [3.8, 4) is 0 Å². The number of amides is 1. The van der Waals surface area contributed by atoms with Crippen molar-refractivity contribution in [3.05, 3.63) is 35.4 Å². The monoisotopic (exact) mass is 398 g/mol. The lowest BCUT2D eigenvalue weighted by atomic mass is 9.74. The van der Waals surface area contributed by atoms with E-state index in [1.165, 1.54) is 31.2 Å². The molecule has 0 bridgehead atoms. The summed E-state index contributed by atoms with van der Waals surface area (Å²) in [7, 11) is 0. The van der Waals surface area contributed by atoms with Crippen molar-refractivity contribution in [1.82, 2.24) is 9.80 Å². The van der Waals surface area contributed by atoms with Gasteiger partial charge in [0.1, 0.15) is 0 Å². The average molecular weight is 399 g/mol. The minimum Gasteiger partial charge on any atom is -0.393 e. The first-order valence-electron chi connectivity index (χ1n) is 11.9. The summed E-state index contributed by atoms with van der Waals surface area (Å²) in [6.07, 6.45) is 10.3. The Morgan fingerprint density at radius 2 is 1.83 bits per heavy atom. The highest BCUT2D eigenvalue weighted by atomic mass is 16.3. The van der Waals surface area contributed by atoms with Crippen molar-refractivity contribution < 1.29 is 9.90 Å². The van der Waals surface area contributed by atoms with Crippen molar-refractivity contribution in [2.75, 3.05) is 19.6 Å². The zero-order valence-corrected chi connectivity index (χ0v) is 18.1. The molecule has 4 unspecified atom stereocenters. The number of aliphatic hydroxyl groups excluding tert-OH is 1. The van der Waals surface area contributed by atoms with E-state index in [-0.39, 0.29) is 12.0 Å². The highest BCUT2D eigenvalue weighted by molar-refractivity contribution is 5.94. The lowest BCUT2D eigenvalue weighted by Crippen LogP contribution is -2.49. The molecule has 3 fully saturated rings. The van der Waals surface area contributed by atoms with Crippen LogP contribution in [0.2, 0.25) is 0 Å². The molecule has 4 nitrogen and oxygen atoms in total. The summed E-state index contributed by atoms with van der Waals surface area (Å²) in [5, 5.41) is 10.7. The normalized spacial score (nSPS) is 31.6. The van der Waals surface area contributed by atoms with Gasteiger partial charge in [-0.2, -0.15) is 0 Å². The van der Waals surface area contributed by atoms with Gasteiger partial charge in [0, 0.05) is 37.2 Å². The molecular formula is C25H38N2O2. The van der Waals surface area contributed by atoms with Crippen molar-refractivity contribution in [2.45, 2.75) is 83.4 Å². The van der Waals surface area contributed by atoms with Crippen molar-refractivity contribution >= 4 is 5.91 Å². The maximum atomic E-state index is 12.9. The Morgan fingerprint density at radius 3 is 2.66 bits per heavy atom. The largest absolute Gasteiger partial charge is 0.393 e. The Kier molecular flexibility index (Phi) is 6.92. The molecule has 2 aliphatic heterocycles. The van der Waals surface area contributed by atoms with Gasteiger partial charge in [0.2, 0.25) is 0 Å². The summed E-state index contributed by atoms with van der Waals surface area (Å²) in [5.74, 6) is 1.31. The molecule has 2 saturated heterocycles. The molecule has 4 rings (SSSR count). The predicted molar refractivity (Wildman–Crippen MR) is 117 cm³/mol. The van der Waals surface area contributed by atoms with Gasteiger partial charge in [0.15, 0.2) is 0 Å². The van der Waals surface area contributed by atoms with Gasteiger partial charge < -0.3 is 10.0 Å². The molecule has 0 radical (unpaired) electrons. The molecule has 3 aliphatic rings. The fourth-order valence-electron chi connectivity index (χ4n) is 5.84. The summed E-state index contributed by atoms with van der Waals surface area (Å²) in [5.41, 5.74) is 2.07. The van der Waals surface area contributed by atoms with Crippen molar-refractivity contribution in [2.24, 2.45) is 11.8 Å². The zero-order chi connectivity index (χ0) is 20.2. The quantitative estimate of drug-likeness (QED) is 0.814. The molecule has 1 aromatic carbocycles. The smallest absolute Gasteiger partial charge is 0.253 e. The number of carbonyl (C=O) groups excluding carboxylic acids is 1. The summed E-state index contributed by atoms with van der Waals surface area (Å²) < 4.78 is 0. The molecule has 1 saturated carbocycles. The first kappa shape index (κ1) is 20.9. The molecule has 0 spiro atoms.